The van der Waals surface area contributed by atoms with E-state index in [0.717, 1.165) is 15.8 Å². The zero-order valence-electron chi connectivity index (χ0n) is 12.5. The Hall–Kier alpha value is -2.06. The third-order valence-corrected chi connectivity index (χ3v) is 4.57. The van der Waals surface area contributed by atoms with Crippen molar-refractivity contribution in [3.63, 3.8) is 0 Å². The van der Waals surface area contributed by atoms with E-state index in [2.05, 4.69) is 53.3 Å². The number of nitrogens with one attached hydrogen (secondary N) is 2. The van der Waals surface area contributed by atoms with Crippen molar-refractivity contribution in [2.24, 2.45) is 0 Å². The molecule has 0 unspecified atom stereocenters. The average molecular weight is 378 g/mol. The van der Waals surface area contributed by atoms with Crippen molar-refractivity contribution >= 4 is 27.5 Å². The number of carbonyl (C=O) groups excluding carboxylic acids is 1. The van der Waals surface area contributed by atoms with Gasteiger partial charge < -0.3 is 9.14 Å². The van der Waals surface area contributed by atoms with E-state index in [9.17, 15) is 4.79 Å². The zero-order valence-corrected chi connectivity index (χ0v) is 14.1. The highest BCUT2D eigenvalue weighted by Gasteiger charge is 2.25. The number of hydrazine groups is 2. The maximum atomic E-state index is 11.5. The molecule has 2 aliphatic rings. The molecule has 1 fully saturated rings. The van der Waals surface area contributed by atoms with Crippen molar-refractivity contribution in [2.45, 2.75) is 25.3 Å². The molecular formula is C15H16BrN5O2. The fourth-order valence-corrected chi connectivity index (χ4v) is 3.23. The third-order valence-electron chi connectivity index (χ3n) is 3.98. The number of ether oxygens (including phenoxy) is 1. The standard InChI is InChI=1S/C15H16BrN5O2/c1-23-15(22)13-8-21(19-18-13)7-11-6-20-5-10(9-2-3-9)4-12(16)14(20)17-11/h4-6,8-9,18-19H,2-3,7H2,1H3. The quantitative estimate of drug-likeness (QED) is 0.791. The molecule has 0 bridgehead atoms. The first-order chi connectivity index (χ1) is 11.1. The second-order valence-electron chi connectivity index (χ2n) is 5.76. The van der Waals surface area contributed by atoms with E-state index in [1.54, 1.807) is 11.2 Å². The Morgan fingerprint density at radius 2 is 2.30 bits per heavy atom. The molecule has 2 N–H and O–H groups in total. The third kappa shape index (κ3) is 2.79. The Morgan fingerprint density at radius 1 is 1.48 bits per heavy atom. The summed E-state index contributed by atoms with van der Waals surface area (Å²) in [6.07, 6.45) is 8.37. The van der Waals surface area contributed by atoms with Crippen LogP contribution in [-0.2, 0) is 16.1 Å². The molecule has 1 aliphatic heterocycles. The van der Waals surface area contributed by atoms with Crippen LogP contribution in [0.15, 0.2) is 34.8 Å². The summed E-state index contributed by atoms with van der Waals surface area (Å²) in [6.45, 7) is 0.528. The lowest BCUT2D eigenvalue weighted by atomic mass is 10.2. The maximum absolute atomic E-state index is 11.5. The van der Waals surface area contributed by atoms with Gasteiger partial charge in [0.15, 0.2) is 11.3 Å². The van der Waals surface area contributed by atoms with Gasteiger partial charge in [-0.05, 0) is 46.3 Å². The van der Waals surface area contributed by atoms with Crippen molar-refractivity contribution in [3.8, 4) is 0 Å². The predicted molar refractivity (Wildman–Crippen MR) is 86.8 cm³/mol. The van der Waals surface area contributed by atoms with Crippen molar-refractivity contribution < 1.29 is 9.53 Å². The Bertz CT molecular complexity index is 812. The lowest BCUT2D eigenvalue weighted by Crippen LogP contribution is -2.37. The van der Waals surface area contributed by atoms with Crippen molar-refractivity contribution in [1.29, 1.82) is 0 Å². The van der Waals surface area contributed by atoms with E-state index in [1.165, 1.54) is 25.5 Å². The first-order valence-corrected chi connectivity index (χ1v) is 8.19. The van der Waals surface area contributed by atoms with Gasteiger partial charge in [0.2, 0.25) is 0 Å². The minimum atomic E-state index is -0.410. The number of carbonyl (C=O) groups is 1. The Labute approximate surface area is 141 Å². The normalized spacial score (nSPS) is 17.3. The van der Waals surface area contributed by atoms with E-state index in [4.69, 9.17) is 0 Å². The smallest absolute Gasteiger partial charge is 0.357 e. The van der Waals surface area contributed by atoms with Gasteiger partial charge in [-0.25, -0.2) is 9.78 Å². The van der Waals surface area contributed by atoms with Gasteiger partial charge in [-0.15, -0.1) is 5.53 Å². The number of methoxy groups -OCH3 is 1. The molecular weight excluding hydrogens is 362 g/mol. The number of fused-ring (bicyclic) bond motifs is 1. The Balaban J connectivity index is 1.57. The molecule has 23 heavy (non-hydrogen) atoms. The lowest BCUT2D eigenvalue weighted by molar-refractivity contribution is -0.136. The van der Waals surface area contributed by atoms with Crippen LogP contribution in [0, 0.1) is 0 Å². The summed E-state index contributed by atoms with van der Waals surface area (Å²) in [6, 6.07) is 2.16. The number of hydrogen-bond donors (Lipinski definition) is 2. The van der Waals surface area contributed by atoms with Crippen LogP contribution in [0.1, 0.15) is 30.0 Å². The van der Waals surface area contributed by atoms with E-state index in [-0.39, 0.29) is 0 Å². The van der Waals surface area contributed by atoms with Crippen LogP contribution >= 0.6 is 15.9 Å². The van der Waals surface area contributed by atoms with E-state index in [1.807, 2.05) is 6.20 Å². The molecule has 0 radical (unpaired) electrons. The van der Waals surface area contributed by atoms with Crippen LogP contribution < -0.4 is 11.0 Å². The molecule has 2 aromatic heterocycles. The van der Waals surface area contributed by atoms with Gasteiger partial charge in [-0.1, -0.05) is 0 Å². The SMILES string of the molecule is COC(=O)C1=CN(Cc2cn3cc(C4CC4)cc(Br)c3n2)NN1. The number of aromatic nitrogens is 2. The highest BCUT2D eigenvalue weighted by atomic mass is 79.9. The second kappa shape index (κ2) is 5.54. The average Bonchev–Trinajstić information content (AvgIpc) is 3.16. The largest absolute Gasteiger partial charge is 0.464 e. The molecule has 7 nitrogen and oxygen atoms in total. The fourth-order valence-electron chi connectivity index (χ4n) is 2.67. The van der Waals surface area contributed by atoms with Gasteiger partial charge in [0, 0.05) is 12.4 Å². The highest BCUT2D eigenvalue weighted by molar-refractivity contribution is 9.10. The van der Waals surface area contributed by atoms with E-state index in [0.29, 0.717) is 18.2 Å². The minimum Gasteiger partial charge on any atom is -0.464 e. The molecule has 0 saturated heterocycles. The molecule has 8 heteroatoms. The van der Waals surface area contributed by atoms with E-state index >= 15 is 0 Å². The van der Waals surface area contributed by atoms with Crippen molar-refractivity contribution in [2.75, 3.05) is 7.11 Å². The maximum Gasteiger partial charge on any atom is 0.357 e. The molecule has 0 amide bonds. The monoisotopic (exact) mass is 377 g/mol. The molecule has 120 valence electrons. The summed E-state index contributed by atoms with van der Waals surface area (Å²) in [7, 11) is 1.35. The summed E-state index contributed by atoms with van der Waals surface area (Å²) < 4.78 is 7.74. The number of hydrogen-bond acceptors (Lipinski definition) is 6. The van der Waals surface area contributed by atoms with Crippen LogP contribution in [0.4, 0.5) is 0 Å². The molecule has 1 saturated carbocycles. The van der Waals surface area contributed by atoms with Crippen molar-refractivity contribution in [1.82, 2.24) is 25.4 Å². The van der Waals surface area contributed by atoms with Gasteiger partial charge in [0.1, 0.15) is 0 Å². The summed E-state index contributed by atoms with van der Waals surface area (Å²) in [5.41, 5.74) is 9.19. The van der Waals surface area contributed by atoms with Gasteiger partial charge in [0.25, 0.3) is 0 Å². The molecule has 1 aliphatic carbocycles. The van der Waals surface area contributed by atoms with Crippen molar-refractivity contribution in [3.05, 3.63) is 46.1 Å². The first kappa shape index (κ1) is 14.5. The molecule has 3 heterocycles. The second-order valence-corrected chi connectivity index (χ2v) is 6.61. The zero-order chi connectivity index (χ0) is 16.0. The van der Waals surface area contributed by atoms with Crippen LogP contribution in [-0.4, -0.2) is 27.5 Å². The molecule has 4 rings (SSSR count). The summed E-state index contributed by atoms with van der Waals surface area (Å²) in [4.78, 5) is 16.1. The number of imidazole rings is 1. The Morgan fingerprint density at radius 3 is 3.04 bits per heavy atom. The number of rotatable bonds is 4. The molecule has 2 aromatic rings. The summed E-state index contributed by atoms with van der Waals surface area (Å²) >= 11 is 3.61. The van der Waals surface area contributed by atoms with Gasteiger partial charge in [0.05, 0.1) is 30.0 Å². The predicted octanol–water partition coefficient (Wildman–Crippen LogP) is 1.81. The minimum absolute atomic E-state index is 0.369. The van der Waals surface area contributed by atoms with Crippen LogP contribution in [0.3, 0.4) is 0 Å². The van der Waals surface area contributed by atoms with Gasteiger partial charge >= 0.3 is 5.97 Å². The van der Waals surface area contributed by atoms with Gasteiger partial charge in [-0.3, -0.25) is 10.4 Å². The topological polar surface area (TPSA) is 70.9 Å². The number of pyridine rings is 1. The number of esters is 1. The van der Waals surface area contributed by atoms with E-state index < -0.39 is 5.97 Å². The first-order valence-electron chi connectivity index (χ1n) is 7.39. The Kier molecular flexibility index (Phi) is 3.50. The molecule has 0 aromatic carbocycles. The van der Waals surface area contributed by atoms with Gasteiger partial charge in [-0.2, -0.15) is 0 Å². The summed E-state index contributed by atoms with van der Waals surface area (Å²) in [5.74, 6) is 0.281. The number of nitrogens with zero attached hydrogens (tertiary/aromatic N) is 3. The van der Waals surface area contributed by atoms with Crippen LogP contribution in [0.5, 0.6) is 0 Å². The highest BCUT2D eigenvalue weighted by Crippen LogP contribution is 2.41. The number of halogens is 1. The summed E-state index contributed by atoms with van der Waals surface area (Å²) in [5, 5.41) is 1.75. The molecule has 0 atom stereocenters. The van der Waals surface area contributed by atoms with Crippen LogP contribution in [0.2, 0.25) is 0 Å². The lowest BCUT2D eigenvalue weighted by Gasteiger charge is -2.12. The fraction of sp³-hybridized carbons (Fsp3) is 0.333. The van der Waals surface area contributed by atoms with Crippen LogP contribution in [0.25, 0.3) is 5.65 Å². The molecule has 0 spiro atoms.